The summed E-state index contributed by atoms with van der Waals surface area (Å²) in [5, 5.41) is 0. The SMILES string of the molecule is O=C(CCCC1CCOCC1)C1CC1. The number of hydrogen-bond donors (Lipinski definition) is 0. The third kappa shape index (κ3) is 3.09. The minimum Gasteiger partial charge on any atom is -0.381 e. The standard InChI is InChI=1S/C12H20O2/c13-12(11-4-5-11)3-1-2-10-6-8-14-9-7-10/h10-11H,1-9H2. The van der Waals surface area contributed by atoms with Crippen molar-refractivity contribution in [1.29, 1.82) is 0 Å². The number of hydrogen-bond acceptors (Lipinski definition) is 2. The molecule has 2 nitrogen and oxygen atoms in total. The summed E-state index contributed by atoms with van der Waals surface area (Å²) >= 11 is 0. The smallest absolute Gasteiger partial charge is 0.135 e. The Morgan fingerprint density at radius 1 is 1.14 bits per heavy atom. The van der Waals surface area contributed by atoms with Gasteiger partial charge in [-0.2, -0.15) is 0 Å². The number of ketones is 1. The lowest BCUT2D eigenvalue weighted by Crippen LogP contribution is -2.15. The van der Waals surface area contributed by atoms with Crippen LogP contribution in [0.25, 0.3) is 0 Å². The molecule has 2 aliphatic rings. The Morgan fingerprint density at radius 3 is 2.50 bits per heavy atom. The highest BCUT2D eigenvalue weighted by Gasteiger charge is 2.28. The minimum absolute atomic E-state index is 0.463. The molecule has 2 heteroatoms. The van der Waals surface area contributed by atoms with Crippen molar-refractivity contribution in [3.63, 3.8) is 0 Å². The van der Waals surface area contributed by atoms with Crippen molar-refractivity contribution in [3.8, 4) is 0 Å². The Labute approximate surface area is 86.0 Å². The number of carbonyl (C=O) groups excluding carboxylic acids is 1. The van der Waals surface area contributed by atoms with E-state index in [0.29, 0.717) is 11.7 Å². The van der Waals surface area contributed by atoms with Gasteiger partial charge in [-0.3, -0.25) is 4.79 Å². The normalized spacial score (nSPS) is 23.7. The van der Waals surface area contributed by atoms with Crippen molar-refractivity contribution in [2.75, 3.05) is 13.2 Å². The van der Waals surface area contributed by atoms with Gasteiger partial charge in [-0.05, 0) is 44.4 Å². The van der Waals surface area contributed by atoms with Crippen LogP contribution in [0, 0.1) is 11.8 Å². The van der Waals surface area contributed by atoms with Crippen LogP contribution in [0.3, 0.4) is 0 Å². The van der Waals surface area contributed by atoms with Crippen LogP contribution in [-0.2, 0) is 9.53 Å². The van der Waals surface area contributed by atoms with E-state index in [2.05, 4.69) is 0 Å². The van der Waals surface area contributed by atoms with Crippen LogP contribution >= 0.6 is 0 Å². The van der Waals surface area contributed by atoms with Gasteiger partial charge in [0.05, 0.1) is 0 Å². The molecule has 80 valence electrons. The van der Waals surface area contributed by atoms with E-state index in [9.17, 15) is 4.79 Å². The Morgan fingerprint density at radius 2 is 1.86 bits per heavy atom. The molecule has 0 aromatic carbocycles. The zero-order valence-electron chi connectivity index (χ0n) is 8.84. The molecule has 1 saturated heterocycles. The van der Waals surface area contributed by atoms with Crippen LogP contribution in [0.1, 0.15) is 44.9 Å². The molecule has 0 unspecified atom stereocenters. The first-order valence-corrected chi connectivity index (χ1v) is 5.96. The van der Waals surface area contributed by atoms with E-state index in [1.165, 1.54) is 19.3 Å². The summed E-state index contributed by atoms with van der Waals surface area (Å²) in [5.74, 6) is 1.82. The van der Waals surface area contributed by atoms with E-state index >= 15 is 0 Å². The fourth-order valence-electron chi connectivity index (χ4n) is 2.21. The summed E-state index contributed by atoms with van der Waals surface area (Å²) in [6.07, 6.45) is 7.92. The summed E-state index contributed by atoms with van der Waals surface area (Å²) in [7, 11) is 0. The second kappa shape index (κ2) is 4.92. The quantitative estimate of drug-likeness (QED) is 0.675. The van der Waals surface area contributed by atoms with Crippen molar-refractivity contribution in [3.05, 3.63) is 0 Å². The average Bonchev–Trinajstić information content (AvgIpc) is 3.02. The predicted molar refractivity (Wildman–Crippen MR) is 55.1 cm³/mol. The minimum atomic E-state index is 0.463. The lowest BCUT2D eigenvalue weighted by molar-refractivity contribution is -0.120. The fourth-order valence-corrected chi connectivity index (χ4v) is 2.21. The summed E-state index contributed by atoms with van der Waals surface area (Å²) in [4.78, 5) is 11.4. The third-order valence-electron chi connectivity index (χ3n) is 3.41. The molecule has 0 amide bonds. The van der Waals surface area contributed by atoms with Gasteiger partial charge in [-0.25, -0.2) is 0 Å². The van der Waals surface area contributed by atoms with Gasteiger partial charge in [0.15, 0.2) is 0 Å². The molecular formula is C12H20O2. The molecule has 2 rings (SSSR count). The van der Waals surface area contributed by atoms with Gasteiger partial charge < -0.3 is 4.74 Å². The second-order valence-electron chi connectivity index (χ2n) is 4.69. The molecule has 0 spiro atoms. The van der Waals surface area contributed by atoms with Crippen molar-refractivity contribution in [1.82, 2.24) is 0 Å². The van der Waals surface area contributed by atoms with Crippen molar-refractivity contribution in [2.45, 2.75) is 44.9 Å². The maximum Gasteiger partial charge on any atom is 0.135 e. The monoisotopic (exact) mass is 196 g/mol. The van der Waals surface area contributed by atoms with Crippen molar-refractivity contribution >= 4 is 5.78 Å². The van der Waals surface area contributed by atoms with E-state index < -0.39 is 0 Å². The second-order valence-corrected chi connectivity index (χ2v) is 4.69. The molecule has 0 aromatic rings. The van der Waals surface area contributed by atoms with Gasteiger partial charge in [0.2, 0.25) is 0 Å². The molecule has 0 bridgehead atoms. The van der Waals surface area contributed by atoms with E-state index in [1.807, 2.05) is 0 Å². The molecule has 2 fully saturated rings. The topological polar surface area (TPSA) is 26.3 Å². The molecule has 1 aliphatic carbocycles. The number of rotatable bonds is 5. The predicted octanol–water partition coefficient (Wildman–Crippen LogP) is 2.56. The Hall–Kier alpha value is -0.370. The van der Waals surface area contributed by atoms with E-state index in [1.54, 1.807) is 0 Å². The molecule has 14 heavy (non-hydrogen) atoms. The zero-order valence-corrected chi connectivity index (χ0v) is 8.84. The van der Waals surface area contributed by atoms with Gasteiger partial charge >= 0.3 is 0 Å². The average molecular weight is 196 g/mol. The summed E-state index contributed by atoms with van der Waals surface area (Å²) in [6.45, 7) is 1.86. The molecule has 0 aromatic heterocycles. The van der Waals surface area contributed by atoms with Gasteiger partial charge in [0, 0.05) is 25.6 Å². The molecular weight excluding hydrogens is 176 g/mol. The molecule has 1 aliphatic heterocycles. The molecule has 0 radical (unpaired) electrons. The van der Waals surface area contributed by atoms with Crippen LogP contribution in [0.5, 0.6) is 0 Å². The first kappa shape index (κ1) is 10.2. The molecule has 0 N–H and O–H groups in total. The fraction of sp³-hybridized carbons (Fsp3) is 0.917. The number of ether oxygens (including phenoxy) is 1. The molecule has 0 atom stereocenters. The molecule has 1 heterocycles. The first-order chi connectivity index (χ1) is 6.86. The summed E-state index contributed by atoms with van der Waals surface area (Å²) in [5.41, 5.74) is 0. The van der Waals surface area contributed by atoms with E-state index in [-0.39, 0.29) is 0 Å². The highest BCUT2D eigenvalue weighted by atomic mass is 16.5. The summed E-state index contributed by atoms with van der Waals surface area (Å²) < 4.78 is 5.31. The zero-order chi connectivity index (χ0) is 9.80. The number of carbonyl (C=O) groups is 1. The molecule has 1 saturated carbocycles. The Balaban J connectivity index is 1.54. The van der Waals surface area contributed by atoms with Crippen molar-refractivity contribution < 1.29 is 9.53 Å². The Bertz CT molecular complexity index is 190. The van der Waals surface area contributed by atoms with Crippen LogP contribution in [0.2, 0.25) is 0 Å². The van der Waals surface area contributed by atoms with E-state index in [4.69, 9.17) is 4.74 Å². The Kier molecular flexibility index (Phi) is 3.57. The maximum absolute atomic E-state index is 11.4. The third-order valence-corrected chi connectivity index (χ3v) is 3.41. The van der Waals surface area contributed by atoms with Crippen LogP contribution in [-0.4, -0.2) is 19.0 Å². The van der Waals surface area contributed by atoms with Gasteiger partial charge in [0.25, 0.3) is 0 Å². The van der Waals surface area contributed by atoms with Crippen LogP contribution < -0.4 is 0 Å². The lowest BCUT2D eigenvalue weighted by atomic mass is 9.93. The van der Waals surface area contributed by atoms with Gasteiger partial charge in [-0.1, -0.05) is 0 Å². The van der Waals surface area contributed by atoms with Crippen LogP contribution in [0.4, 0.5) is 0 Å². The number of Topliss-reactive ketones (excluding diaryl/α,β-unsaturated/α-hetero) is 1. The highest BCUT2D eigenvalue weighted by Crippen LogP contribution is 2.32. The van der Waals surface area contributed by atoms with Crippen LogP contribution in [0.15, 0.2) is 0 Å². The maximum atomic E-state index is 11.4. The van der Waals surface area contributed by atoms with Gasteiger partial charge in [0.1, 0.15) is 5.78 Å². The highest BCUT2D eigenvalue weighted by molar-refractivity contribution is 5.82. The first-order valence-electron chi connectivity index (χ1n) is 5.96. The van der Waals surface area contributed by atoms with E-state index in [0.717, 1.165) is 44.8 Å². The van der Waals surface area contributed by atoms with Crippen molar-refractivity contribution in [2.24, 2.45) is 11.8 Å². The largest absolute Gasteiger partial charge is 0.381 e. The lowest BCUT2D eigenvalue weighted by Gasteiger charge is -2.21. The summed E-state index contributed by atoms with van der Waals surface area (Å²) in [6, 6.07) is 0. The van der Waals surface area contributed by atoms with Gasteiger partial charge in [-0.15, -0.1) is 0 Å².